The lowest BCUT2D eigenvalue weighted by molar-refractivity contribution is 0.403. The van der Waals surface area contributed by atoms with E-state index in [0.29, 0.717) is 0 Å². The Hall–Kier alpha value is -2.42. The SMILES string of the molecule is Oc1ccc(CC=Cc2ccc(O)c(O)c2)cc1. The van der Waals surface area contributed by atoms with E-state index in [4.69, 9.17) is 5.11 Å². The average Bonchev–Trinajstić information content (AvgIpc) is 2.36. The molecule has 0 aliphatic heterocycles. The van der Waals surface area contributed by atoms with Crippen LogP contribution in [0.15, 0.2) is 48.5 Å². The molecule has 0 fully saturated rings. The van der Waals surface area contributed by atoms with Gasteiger partial charge in [0.15, 0.2) is 11.5 Å². The first kappa shape index (κ1) is 12.0. The Bertz CT molecular complexity index is 556. The van der Waals surface area contributed by atoms with Crippen molar-refractivity contribution in [3.8, 4) is 17.2 Å². The van der Waals surface area contributed by atoms with Crippen LogP contribution >= 0.6 is 0 Å². The van der Waals surface area contributed by atoms with E-state index in [1.54, 1.807) is 18.2 Å². The molecule has 0 spiro atoms. The Morgan fingerprint density at radius 3 is 2.22 bits per heavy atom. The van der Waals surface area contributed by atoms with Crippen LogP contribution in [0.2, 0.25) is 0 Å². The summed E-state index contributed by atoms with van der Waals surface area (Å²) in [5, 5.41) is 27.7. The summed E-state index contributed by atoms with van der Waals surface area (Å²) >= 11 is 0. The molecule has 0 aromatic heterocycles. The summed E-state index contributed by atoms with van der Waals surface area (Å²) in [7, 11) is 0. The maximum absolute atomic E-state index is 9.34. The third-order valence-corrected chi connectivity index (χ3v) is 2.60. The fourth-order valence-electron chi connectivity index (χ4n) is 1.61. The quantitative estimate of drug-likeness (QED) is 0.725. The average molecular weight is 242 g/mol. The van der Waals surface area contributed by atoms with Crippen molar-refractivity contribution in [3.63, 3.8) is 0 Å². The number of allylic oxidation sites excluding steroid dienone is 1. The minimum atomic E-state index is -0.123. The maximum atomic E-state index is 9.34. The van der Waals surface area contributed by atoms with Crippen molar-refractivity contribution >= 4 is 6.08 Å². The largest absolute Gasteiger partial charge is 0.508 e. The van der Waals surface area contributed by atoms with Gasteiger partial charge in [0.05, 0.1) is 0 Å². The normalized spacial score (nSPS) is 10.9. The molecule has 3 nitrogen and oxygen atoms in total. The smallest absolute Gasteiger partial charge is 0.157 e. The topological polar surface area (TPSA) is 60.7 Å². The van der Waals surface area contributed by atoms with E-state index >= 15 is 0 Å². The summed E-state index contributed by atoms with van der Waals surface area (Å²) in [5.74, 6) is 0.0126. The number of rotatable bonds is 3. The number of benzene rings is 2. The molecule has 0 amide bonds. The zero-order valence-electron chi connectivity index (χ0n) is 9.74. The van der Waals surface area contributed by atoms with Crippen LogP contribution in [0.4, 0.5) is 0 Å². The molecule has 0 heterocycles. The second-order valence-corrected chi connectivity index (χ2v) is 4.02. The molecule has 92 valence electrons. The number of hydrogen-bond acceptors (Lipinski definition) is 3. The van der Waals surface area contributed by atoms with E-state index in [2.05, 4.69) is 0 Å². The van der Waals surface area contributed by atoms with Gasteiger partial charge in [-0.3, -0.25) is 0 Å². The molecule has 3 heteroatoms. The molecule has 0 unspecified atom stereocenters. The van der Waals surface area contributed by atoms with Crippen LogP contribution in [0.3, 0.4) is 0 Å². The molecular weight excluding hydrogens is 228 g/mol. The predicted molar refractivity (Wildman–Crippen MR) is 70.6 cm³/mol. The van der Waals surface area contributed by atoms with E-state index in [-0.39, 0.29) is 17.2 Å². The van der Waals surface area contributed by atoms with E-state index in [0.717, 1.165) is 17.5 Å². The van der Waals surface area contributed by atoms with Gasteiger partial charge in [-0.05, 0) is 41.8 Å². The summed E-state index contributed by atoms with van der Waals surface area (Å²) in [4.78, 5) is 0. The second kappa shape index (κ2) is 5.27. The van der Waals surface area contributed by atoms with Crippen LogP contribution in [-0.2, 0) is 6.42 Å². The zero-order chi connectivity index (χ0) is 13.0. The van der Waals surface area contributed by atoms with Crippen LogP contribution in [0.1, 0.15) is 11.1 Å². The highest BCUT2D eigenvalue weighted by Gasteiger charge is 1.97. The molecule has 18 heavy (non-hydrogen) atoms. The molecular formula is C15H14O3. The molecule has 0 saturated heterocycles. The van der Waals surface area contributed by atoms with E-state index < -0.39 is 0 Å². The Morgan fingerprint density at radius 1 is 0.833 bits per heavy atom. The Kier molecular flexibility index (Phi) is 3.53. The highest BCUT2D eigenvalue weighted by molar-refractivity contribution is 5.55. The summed E-state index contributed by atoms with van der Waals surface area (Å²) in [5.41, 5.74) is 1.91. The molecule has 2 aromatic carbocycles. The first-order valence-corrected chi connectivity index (χ1v) is 5.61. The van der Waals surface area contributed by atoms with E-state index in [9.17, 15) is 10.2 Å². The van der Waals surface area contributed by atoms with Crippen LogP contribution in [0, 0.1) is 0 Å². The van der Waals surface area contributed by atoms with Crippen molar-refractivity contribution in [2.75, 3.05) is 0 Å². The minimum absolute atomic E-state index is 0.120. The van der Waals surface area contributed by atoms with Gasteiger partial charge in [-0.2, -0.15) is 0 Å². The molecule has 0 saturated carbocycles. The molecule has 0 bridgehead atoms. The molecule has 0 aliphatic rings. The molecule has 0 radical (unpaired) electrons. The molecule has 2 rings (SSSR count). The fourth-order valence-corrected chi connectivity index (χ4v) is 1.61. The van der Waals surface area contributed by atoms with Crippen molar-refractivity contribution in [2.24, 2.45) is 0 Å². The molecule has 2 aromatic rings. The lowest BCUT2D eigenvalue weighted by Gasteiger charge is -1.99. The maximum Gasteiger partial charge on any atom is 0.157 e. The number of phenols is 3. The Labute approximate surface area is 105 Å². The molecule has 3 N–H and O–H groups in total. The van der Waals surface area contributed by atoms with Crippen LogP contribution in [-0.4, -0.2) is 15.3 Å². The first-order chi connectivity index (χ1) is 8.65. The van der Waals surface area contributed by atoms with Gasteiger partial charge in [-0.25, -0.2) is 0 Å². The number of phenolic OH excluding ortho intramolecular Hbond substituents is 3. The summed E-state index contributed by atoms with van der Waals surface area (Å²) in [6.45, 7) is 0. The standard InChI is InChI=1S/C15H14O3/c16-13-7-4-11(5-8-13)2-1-3-12-6-9-14(17)15(18)10-12/h1,3-10,16-18H,2H2. The predicted octanol–water partition coefficient (Wildman–Crippen LogP) is 3.06. The Balaban J connectivity index is 2.02. The van der Waals surface area contributed by atoms with Crippen LogP contribution < -0.4 is 0 Å². The van der Waals surface area contributed by atoms with E-state index in [1.165, 1.54) is 12.1 Å². The minimum Gasteiger partial charge on any atom is -0.508 e. The van der Waals surface area contributed by atoms with Gasteiger partial charge in [0.25, 0.3) is 0 Å². The molecule has 0 aliphatic carbocycles. The summed E-state index contributed by atoms with van der Waals surface area (Å²) in [6, 6.07) is 11.7. The molecule has 0 atom stereocenters. The van der Waals surface area contributed by atoms with Crippen molar-refractivity contribution in [2.45, 2.75) is 6.42 Å². The summed E-state index contributed by atoms with van der Waals surface area (Å²) < 4.78 is 0. The third-order valence-electron chi connectivity index (χ3n) is 2.60. The highest BCUT2D eigenvalue weighted by Crippen LogP contribution is 2.25. The third kappa shape index (κ3) is 3.04. The number of hydrogen-bond donors (Lipinski definition) is 3. The van der Waals surface area contributed by atoms with Gasteiger partial charge in [0.2, 0.25) is 0 Å². The van der Waals surface area contributed by atoms with Gasteiger partial charge < -0.3 is 15.3 Å². The highest BCUT2D eigenvalue weighted by atomic mass is 16.3. The summed E-state index contributed by atoms with van der Waals surface area (Å²) in [6.07, 6.45) is 4.56. The van der Waals surface area contributed by atoms with Gasteiger partial charge in [0.1, 0.15) is 5.75 Å². The number of aromatic hydroxyl groups is 3. The monoisotopic (exact) mass is 242 g/mol. The zero-order valence-corrected chi connectivity index (χ0v) is 9.74. The second-order valence-electron chi connectivity index (χ2n) is 4.02. The Morgan fingerprint density at radius 2 is 1.56 bits per heavy atom. The van der Waals surface area contributed by atoms with Crippen molar-refractivity contribution in [1.29, 1.82) is 0 Å². The first-order valence-electron chi connectivity index (χ1n) is 5.61. The van der Waals surface area contributed by atoms with Gasteiger partial charge in [-0.15, -0.1) is 0 Å². The van der Waals surface area contributed by atoms with Crippen molar-refractivity contribution in [1.82, 2.24) is 0 Å². The van der Waals surface area contributed by atoms with Gasteiger partial charge in [-0.1, -0.05) is 30.4 Å². The fraction of sp³-hybridized carbons (Fsp3) is 0.0667. The van der Waals surface area contributed by atoms with Crippen LogP contribution in [0.25, 0.3) is 6.08 Å². The van der Waals surface area contributed by atoms with Gasteiger partial charge >= 0.3 is 0 Å². The lowest BCUT2D eigenvalue weighted by Crippen LogP contribution is -1.79. The van der Waals surface area contributed by atoms with Crippen LogP contribution in [0.5, 0.6) is 17.2 Å². The van der Waals surface area contributed by atoms with Gasteiger partial charge in [0, 0.05) is 0 Å². The lowest BCUT2D eigenvalue weighted by atomic mass is 10.1. The van der Waals surface area contributed by atoms with Crippen molar-refractivity contribution in [3.05, 3.63) is 59.7 Å². The van der Waals surface area contributed by atoms with Crippen molar-refractivity contribution < 1.29 is 15.3 Å². The van der Waals surface area contributed by atoms with E-state index in [1.807, 2.05) is 24.3 Å².